The lowest BCUT2D eigenvalue weighted by atomic mass is 9.99. The highest BCUT2D eigenvalue weighted by Crippen LogP contribution is 2.25. The molecule has 0 bridgehead atoms. The molecule has 0 unspecified atom stereocenters. The van der Waals surface area contributed by atoms with Crippen molar-refractivity contribution in [3.8, 4) is 11.1 Å². The number of imidazole rings is 1. The van der Waals surface area contributed by atoms with Gasteiger partial charge in [0.2, 0.25) is 0 Å². The van der Waals surface area contributed by atoms with Crippen molar-refractivity contribution in [1.29, 1.82) is 0 Å². The summed E-state index contributed by atoms with van der Waals surface area (Å²) in [6.45, 7) is 6.32. The number of benzene rings is 2. The number of aromatic nitrogens is 2. The highest BCUT2D eigenvalue weighted by Gasteiger charge is 2.20. The van der Waals surface area contributed by atoms with Crippen LogP contribution in [0.1, 0.15) is 60.9 Å². The van der Waals surface area contributed by atoms with Gasteiger partial charge in [0, 0.05) is 12.2 Å². The van der Waals surface area contributed by atoms with Crippen molar-refractivity contribution >= 4 is 5.97 Å². The molecule has 5 nitrogen and oxygen atoms in total. The van der Waals surface area contributed by atoms with Crippen molar-refractivity contribution in [2.45, 2.75) is 59.8 Å². The molecule has 0 fully saturated rings. The van der Waals surface area contributed by atoms with E-state index in [1.807, 2.05) is 44.2 Å². The van der Waals surface area contributed by atoms with Crippen LogP contribution in [0.5, 0.6) is 0 Å². The van der Waals surface area contributed by atoms with Gasteiger partial charge in [0.15, 0.2) is 0 Å². The Morgan fingerprint density at radius 3 is 2.31 bits per heavy atom. The van der Waals surface area contributed by atoms with Crippen LogP contribution in [0.25, 0.3) is 11.1 Å². The largest absolute Gasteiger partial charge is 0.478 e. The van der Waals surface area contributed by atoms with E-state index in [4.69, 9.17) is 0 Å². The Morgan fingerprint density at radius 1 is 1.03 bits per heavy atom. The van der Waals surface area contributed by atoms with Crippen molar-refractivity contribution in [1.82, 2.24) is 9.13 Å². The van der Waals surface area contributed by atoms with Gasteiger partial charge in [0.25, 0.3) is 0 Å². The van der Waals surface area contributed by atoms with Crippen LogP contribution in [0.4, 0.5) is 4.39 Å². The highest BCUT2D eigenvalue weighted by atomic mass is 19.1. The maximum atomic E-state index is 14.0. The molecule has 0 aliphatic rings. The maximum Gasteiger partial charge on any atom is 0.336 e. The van der Waals surface area contributed by atoms with Crippen molar-refractivity contribution in [2.75, 3.05) is 0 Å². The van der Waals surface area contributed by atoms with E-state index < -0.39 is 12.6 Å². The Bertz CT molecular complexity index is 1130. The number of carboxylic acids is 1. The van der Waals surface area contributed by atoms with Gasteiger partial charge >= 0.3 is 11.7 Å². The first-order valence-corrected chi connectivity index (χ1v) is 11.2. The van der Waals surface area contributed by atoms with Crippen LogP contribution in [0, 0.1) is 5.92 Å². The van der Waals surface area contributed by atoms with Crippen LogP contribution in [-0.4, -0.2) is 20.2 Å². The fraction of sp³-hybridized carbons (Fsp3) is 0.385. The van der Waals surface area contributed by atoms with Crippen LogP contribution in [-0.2, 0) is 26.2 Å². The molecule has 1 N–H and O–H groups in total. The summed E-state index contributed by atoms with van der Waals surface area (Å²) < 4.78 is 17.3. The van der Waals surface area contributed by atoms with Crippen molar-refractivity contribution in [3.05, 3.63) is 81.5 Å². The highest BCUT2D eigenvalue weighted by molar-refractivity contribution is 5.95. The smallest absolute Gasteiger partial charge is 0.336 e. The van der Waals surface area contributed by atoms with Gasteiger partial charge in [-0.2, -0.15) is 0 Å². The summed E-state index contributed by atoms with van der Waals surface area (Å²) in [5.41, 5.74) is 3.70. The van der Waals surface area contributed by atoms with E-state index in [9.17, 15) is 19.1 Å². The number of carbonyl (C=O) groups is 1. The molecule has 0 aliphatic heterocycles. The normalized spacial score (nSPS) is 11.3. The average Bonchev–Trinajstić information content (AvgIpc) is 3.02. The van der Waals surface area contributed by atoms with Crippen molar-refractivity contribution in [2.24, 2.45) is 5.92 Å². The van der Waals surface area contributed by atoms with E-state index >= 15 is 0 Å². The topological polar surface area (TPSA) is 64.2 Å². The molecule has 1 heterocycles. The Hall–Kier alpha value is -3.15. The maximum absolute atomic E-state index is 14.0. The fourth-order valence-corrected chi connectivity index (χ4v) is 4.07. The van der Waals surface area contributed by atoms with Gasteiger partial charge in [-0.15, -0.1) is 0 Å². The predicted molar refractivity (Wildman–Crippen MR) is 125 cm³/mol. The van der Waals surface area contributed by atoms with Crippen LogP contribution in [0.15, 0.2) is 53.3 Å². The minimum absolute atomic E-state index is 0.169. The molecule has 0 aliphatic carbocycles. The van der Waals surface area contributed by atoms with E-state index in [-0.39, 0.29) is 17.2 Å². The zero-order chi connectivity index (χ0) is 23.3. The van der Waals surface area contributed by atoms with Crippen LogP contribution in [0.2, 0.25) is 0 Å². The molecule has 6 heteroatoms. The zero-order valence-corrected chi connectivity index (χ0v) is 19.0. The summed E-state index contributed by atoms with van der Waals surface area (Å²) in [7, 11) is 0. The number of nitrogens with zero attached hydrogens (tertiary/aromatic N) is 2. The molecule has 0 spiro atoms. The van der Waals surface area contributed by atoms with Gasteiger partial charge in [0.05, 0.1) is 17.8 Å². The Labute approximate surface area is 188 Å². The van der Waals surface area contributed by atoms with Crippen LogP contribution < -0.4 is 5.69 Å². The molecule has 32 heavy (non-hydrogen) atoms. The predicted octanol–water partition coefficient (Wildman–Crippen LogP) is 5.53. The summed E-state index contributed by atoms with van der Waals surface area (Å²) in [5, 5.41) is 9.45. The second-order valence-corrected chi connectivity index (χ2v) is 8.55. The Kier molecular flexibility index (Phi) is 7.67. The Morgan fingerprint density at radius 2 is 1.72 bits per heavy atom. The van der Waals surface area contributed by atoms with E-state index in [1.54, 1.807) is 27.3 Å². The summed E-state index contributed by atoms with van der Waals surface area (Å²) >= 11 is 0. The van der Waals surface area contributed by atoms with Crippen LogP contribution >= 0.6 is 0 Å². The minimum Gasteiger partial charge on any atom is -0.478 e. The zero-order valence-electron chi connectivity index (χ0n) is 19.0. The monoisotopic (exact) mass is 438 g/mol. The SMILES string of the molecule is CCCCc1c(CF)n(CC(C)C)c(=O)n1Cc1ccc(-c2ccccc2C(=O)O)cc1. The van der Waals surface area contributed by atoms with Gasteiger partial charge in [-0.1, -0.05) is 69.7 Å². The molecule has 1 aromatic heterocycles. The first kappa shape index (κ1) is 23.5. The second-order valence-electron chi connectivity index (χ2n) is 8.55. The van der Waals surface area contributed by atoms with Crippen molar-refractivity contribution < 1.29 is 14.3 Å². The van der Waals surface area contributed by atoms with Gasteiger partial charge in [0.1, 0.15) is 6.67 Å². The standard InChI is InChI=1S/C26H31FN2O3/c1-4-5-10-23-24(15-27)28(16-18(2)3)26(32)29(23)17-19-11-13-20(14-12-19)21-8-6-7-9-22(21)25(30)31/h6-9,11-14,18H,4-5,10,15-17H2,1-3H3,(H,30,31). The molecule has 0 saturated heterocycles. The molecular formula is C26H31FN2O3. The lowest BCUT2D eigenvalue weighted by molar-refractivity contribution is 0.0697. The number of rotatable bonds is 10. The number of hydrogen-bond acceptors (Lipinski definition) is 2. The third-order valence-electron chi connectivity index (χ3n) is 5.65. The van der Waals surface area contributed by atoms with Gasteiger partial charge in [-0.05, 0) is 41.5 Å². The van der Waals surface area contributed by atoms with Gasteiger partial charge in [-0.3, -0.25) is 9.13 Å². The molecule has 3 aromatic rings. The molecule has 170 valence electrons. The summed E-state index contributed by atoms with van der Waals surface area (Å²) in [4.78, 5) is 24.7. The summed E-state index contributed by atoms with van der Waals surface area (Å²) in [6, 6.07) is 14.4. The number of halogens is 1. The number of alkyl halides is 1. The summed E-state index contributed by atoms with van der Waals surface area (Å²) in [5.74, 6) is -0.733. The molecule has 3 rings (SSSR count). The van der Waals surface area contributed by atoms with E-state index in [0.29, 0.717) is 30.8 Å². The molecule has 0 amide bonds. The van der Waals surface area contributed by atoms with Crippen LogP contribution in [0.3, 0.4) is 0 Å². The number of hydrogen-bond donors (Lipinski definition) is 1. The minimum atomic E-state index is -0.970. The molecule has 0 radical (unpaired) electrons. The first-order chi connectivity index (χ1) is 15.4. The lowest BCUT2D eigenvalue weighted by Crippen LogP contribution is -2.27. The average molecular weight is 439 g/mol. The van der Waals surface area contributed by atoms with Gasteiger partial charge in [-0.25, -0.2) is 14.0 Å². The summed E-state index contributed by atoms with van der Waals surface area (Å²) in [6.07, 6.45) is 2.52. The first-order valence-electron chi connectivity index (χ1n) is 11.2. The lowest BCUT2D eigenvalue weighted by Gasteiger charge is -2.10. The van der Waals surface area contributed by atoms with E-state index in [2.05, 4.69) is 6.92 Å². The third-order valence-corrected chi connectivity index (χ3v) is 5.65. The van der Waals surface area contributed by atoms with Gasteiger partial charge < -0.3 is 5.11 Å². The van der Waals surface area contributed by atoms with E-state index in [0.717, 1.165) is 29.7 Å². The number of aromatic carboxylic acids is 1. The van der Waals surface area contributed by atoms with E-state index in [1.165, 1.54) is 0 Å². The number of carboxylic acid groups (broad SMARTS) is 1. The molecular weight excluding hydrogens is 407 g/mol. The molecule has 0 saturated carbocycles. The Balaban J connectivity index is 1.97. The number of unbranched alkanes of at least 4 members (excludes halogenated alkanes) is 1. The third kappa shape index (κ3) is 5.01. The molecule has 2 aromatic carbocycles. The molecule has 0 atom stereocenters. The van der Waals surface area contributed by atoms with Crippen molar-refractivity contribution in [3.63, 3.8) is 0 Å². The quantitative estimate of drug-likeness (QED) is 0.453. The fourth-order valence-electron chi connectivity index (χ4n) is 4.07. The second kappa shape index (κ2) is 10.4.